The Kier molecular flexibility index (Phi) is 3.44. The van der Waals surface area contributed by atoms with Gasteiger partial charge < -0.3 is 5.11 Å². The maximum atomic E-state index is 10.6. The third-order valence-corrected chi connectivity index (χ3v) is 1.47. The summed E-state index contributed by atoms with van der Waals surface area (Å²) in [4.78, 5) is 8.90. The number of alkyl halides is 3. The highest BCUT2D eigenvalue weighted by Crippen LogP contribution is 2.13. The van der Waals surface area contributed by atoms with Gasteiger partial charge in [0.15, 0.2) is 0 Å². The Labute approximate surface area is 86.9 Å². The summed E-state index contributed by atoms with van der Waals surface area (Å²) in [5, 5.41) is 17.4. The van der Waals surface area contributed by atoms with Gasteiger partial charge in [0.05, 0.1) is 0 Å². The molecule has 0 radical (unpaired) electrons. The number of carbonyl (C=O) groups is 1. The highest BCUT2D eigenvalue weighted by Gasteiger charge is 2.38. The van der Waals surface area contributed by atoms with Gasteiger partial charge in [-0.3, -0.25) is 0 Å². The minimum absolute atomic E-state index is 0.914. The molecule has 0 amide bonds. The Morgan fingerprint density at radius 2 is 1.56 bits per heavy atom. The summed E-state index contributed by atoms with van der Waals surface area (Å²) < 4.78 is 31.7. The number of carboxylic acid groups (broad SMARTS) is 1. The SMILES string of the molecule is O=C(O)C(F)(F)F.c1ccc2n[nH]nc2c1. The number of hydrogen-bond donors (Lipinski definition) is 2. The second-order valence-electron chi connectivity index (χ2n) is 2.62. The van der Waals surface area contributed by atoms with E-state index < -0.39 is 12.1 Å². The van der Waals surface area contributed by atoms with E-state index in [2.05, 4.69) is 15.4 Å². The molecule has 0 spiro atoms. The van der Waals surface area contributed by atoms with Crippen LogP contribution in [-0.2, 0) is 4.79 Å². The van der Waals surface area contributed by atoms with E-state index in [1.807, 2.05) is 24.3 Å². The van der Waals surface area contributed by atoms with E-state index in [0.29, 0.717) is 0 Å². The van der Waals surface area contributed by atoms with Gasteiger partial charge in [0.2, 0.25) is 0 Å². The smallest absolute Gasteiger partial charge is 0.475 e. The Morgan fingerprint density at radius 1 is 1.19 bits per heavy atom. The molecule has 2 N–H and O–H groups in total. The molecule has 2 rings (SSSR count). The Bertz CT molecular complexity index is 450. The zero-order valence-corrected chi connectivity index (χ0v) is 7.69. The Morgan fingerprint density at radius 3 is 1.88 bits per heavy atom. The van der Waals surface area contributed by atoms with Crippen molar-refractivity contribution in [1.29, 1.82) is 0 Å². The molecule has 1 heterocycles. The summed E-state index contributed by atoms with van der Waals surface area (Å²) in [5.41, 5.74) is 1.83. The number of H-pyrrole nitrogens is 1. The number of halogens is 3. The topological polar surface area (TPSA) is 78.9 Å². The monoisotopic (exact) mass is 233 g/mol. The number of hydrogen-bond acceptors (Lipinski definition) is 3. The van der Waals surface area contributed by atoms with Gasteiger partial charge in [-0.2, -0.15) is 28.6 Å². The van der Waals surface area contributed by atoms with Crippen molar-refractivity contribution in [2.24, 2.45) is 0 Å². The summed E-state index contributed by atoms with van der Waals surface area (Å²) in [5.74, 6) is -2.76. The predicted octanol–water partition coefficient (Wildman–Crippen LogP) is 1.59. The van der Waals surface area contributed by atoms with Crippen molar-refractivity contribution in [2.75, 3.05) is 0 Å². The first-order valence-corrected chi connectivity index (χ1v) is 3.97. The predicted molar refractivity (Wildman–Crippen MR) is 47.6 cm³/mol. The largest absolute Gasteiger partial charge is 0.490 e. The molecule has 5 nitrogen and oxygen atoms in total. The number of benzene rings is 1. The third kappa shape index (κ3) is 3.23. The van der Waals surface area contributed by atoms with Gasteiger partial charge in [-0.25, -0.2) is 4.79 Å². The molecule has 0 bridgehead atoms. The molecule has 0 aliphatic rings. The zero-order valence-electron chi connectivity index (χ0n) is 7.69. The normalized spacial score (nSPS) is 10.7. The molecule has 1 aromatic heterocycles. The quantitative estimate of drug-likeness (QED) is 0.724. The van der Waals surface area contributed by atoms with Crippen LogP contribution in [0.3, 0.4) is 0 Å². The molecule has 0 saturated heterocycles. The van der Waals surface area contributed by atoms with Crippen LogP contribution >= 0.6 is 0 Å². The van der Waals surface area contributed by atoms with Gasteiger partial charge in [-0.1, -0.05) is 12.1 Å². The first-order chi connectivity index (χ1) is 7.41. The zero-order chi connectivity index (χ0) is 12.2. The lowest BCUT2D eigenvalue weighted by atomic mass is 10.3. The average Bonchev–Trinajstić information content (AvgIpc) is 2.64. The molecule has 0 atom stereocenters. The van der Waals surface area contributed by atoms with Crippen LogP contribution in [0.1, 0.15) is 0 Å². The van der Waals surface area contributed by atoms with E-state index in [1.54, 1.807) is 0 Å². The molecule has 0 aliphatic carbocycles. The number of aromatic amines is 1. The molecule has 0 saturated carbocycles. The maximum absolute atomic E-state index is 10.6. The van der Waals surface area contributed by atoms with Gasteiger partial charge in [-0.15, -0.1) is 0 Å². The lowest BCUT2D eigenvalue weighted by Crippen LogP contribution is -2.21. The number of nitrogens with one attached hydrogen (secondary N) is 1. The number of carboxylic acids is 1. The van der Waals surface area contributed by atoms with Crippen LogP contribution in [0.2, 0.25) is 0 Å². The van der Waals surface area contributed by atoms with Crippen LogP contribution in [0.5, 0.6) is 0 Å². The molecule has 0 unspecified atom stereocenters. The van der Waals surface area contributed by atoms with E-state index >= 15 is 0 Å². The van der Waals surface area contributed by atoms with E-state index in [9.17, 15) is 13.2 Å². The number of nitrogens with zero attached hydrogens (tertiary/aromatic N) is 2. The van der Waals surface area contributed by atoms with Gasteiger partial charge in [0, 0.05) is 0 Å². The molecule has 86 valence electrons. The van der Waals surface area contributed by atoms with Crippen molar-refractivity contribution in [3.05, 3.63) is 24.3 Å². The Balaban J connectivity index is 0.000000168. The number of aromatic nitrogens is 3. The fraction of sp³-hybridized carbons (Fsp3) is 0.125. The van der Waals surface area contributed by atoms with Crippen LogP contribution in [0, 0.1) is 0 Å². The molecular formula is C8H6F3N3O2. The molecular weight excluding hydrogens is 227 g/mol. The number of para-hydroxylation sites is 2. The highest BCUT2D eigenvalue weighted by molar-refractivity contribution is 5.73. The number of rotatable bonds is 0. The summed E-state index contributed by atoms with van der Waals surface area (Å²) in [6.07, 6.45) is -5.08. The van der Waals surface area contributed by atoms with Crippen molar-refractivity contribution in [2.45, 2.75) is 6.18 Å². The summed E-state index contributed by atoms with van der Waals surface area (Å²) in [6.45, 7) is 0. The van der Waals surface area contributed by atoms with Crippen molar-refractivity contribution in [3.8, 4) is 0 Å². The fourth-order valence-electron chi connectivity index (χ4n) is 0.786. The first-order valence-electron chi connectivity index (χ1n) is 3.97. The van der Waals surface area contributed by atoms with Crippen LogP contribution in [0.15, 0.2) is 24.3 Å². The lowest BCUT2D eigenvalue weighted by Gasteiger charge is -1.93. The summed E-state index contributed by atoms with van der Waals surface area (Å²) >= 11 is 0. The lowest BCUT2D eigenvalue weighted by molar-refractivity contribution is -0.192. The van der Waals surface area contributed by atoms with Gasteiger partial charge >= 0.3 is 12.1 Å². The van der Waals surface area contributed by atoms with Crippen molar-refractivity contribution < 1.29 is 23.1 Å². The Hall–Kier alpha value is -2.12. The van der Waals surface area contributed by atoms with Crippen molar-refractivity contribution >= 4 is 17.0 Å². The van der Waals surface area contributed by atoms with Crippen molar-refractivity contribution in [1.82, 2.24) is 15.4 Å². The molecule has 2 aromatic rings. The van der Waals surface area contributed by atoms with Crippen LogP contribution in [0.4, 0.5) is 13.2 Å². The van der Waals surface area contributed by atoms with E-state index in [-0.39, 0.29) is 0 Å². The van der Waals surface area contributed by atoms with Crippen LogP contribution in [-0.4, -0.2) is 32.7 Å². The summed E-state index contributed by atoms with van der Waals surface area (Å²) in [7, 11) is 0. The molecule has 0 fully saturated rings. The summed E-state index contributed by atoms with van der Waals surface area (Å²) in [6, 6.07) is 7.70. The standard InChI is InChI=1S/C6H5N3.C2HF3O2/c1-2-4-6-5(3-1)7-9-8-6;3-2(4,5)1(6)7/h1-4H,(H,7,8,9);(H,6,7). The third-order valence-electron chi connectivity index (χ3n) is 1.47. The van der Waals surface area contributed by atoms with Gasteiger partial charge in [-0.05, 0) is 12.1 Å². The molecule has 16 heavy (non-hydrogen) atoms. The average molecular weight is 233 g/mol. The second-order valence-corrected chi connectivity index (χ2v) is 2.62. The van der Waals surface area contributed by atoms with Crippen molar-refractivity contribution in [3.63, 3.8) is 0 Å². The van der Waals surface area contributed by atoms with Crippen LogP contribution < -0.4 is 0 Å². The minimum atomic E-state index is -5.08. The minimum Gasteiger partial charge on any atom is -0.475 e. The fourth-order valence-corrected chi connectivity index (χ4v) is 0.786. The maximum Gasteiger partial charge on any atom is 0.490 e. The number of fused-ring (bicyclic) bond motifs is 1. The first kappa shape index (κ1) is 12.0. The number of aliphatic carboxylic acids is 1. The molecule has 8 heteroatoms. The van der Waals surface area contributed by atoms with E-state index in [1.165, 1.54) is 0 Å². The van der Waals surface area contributed by atoms with E-state index in [4.69, 9.17) is 9.90 Å². The molecule has 1 aromatic carbocycles. The second kappa shape index (κ2) is 4.60. The van der Waals surface area contributed by atoms with Gasteiger partial charge in [0.25, 0.3) is 0 Å². The van der Waals surface area contributed by atoms with Crippen LogP contribution in [0.25, 0.3) is 11.0 Å². The van der Waals surface area contributed by atoms with E-state index in [0.717, 1.165) is 11.0 Å². The van der Waals surface area contributed by atoms with Gasteiger partial charge in [0.1, 0.15) is 11.0 Å². The molecule has 0 aliphatic heterocycles. The highest BCUT2D eigenvalue weighted by atomic mass is 19.4.